The smallest absolute Gasteiger partial charge is 0.160 e. The number of ether oxygens (including phenoxy) is 2. The van der Waals surface area contributed by atoms with E-state index in [1.165, 1.54) is 6.33 Å². The second-order valence-electron chi connectivity index (χ2n) is 7.30. The molecule has 0 radical (unpaired) electrons. The van der Waals surface area contributed by atoms with E-state index in [-0.39, 0.29) is 0 Å². The molecule has 2 heterocycles. The maximum absolute atomic E-state index is 6.36. The van der Waals surface area contributed by atoms with E-state index >= 15 is 0 Å². The van der Waals surface area contributed by atoms with E-state index in [1.807, 2.05) is 55.5 Å². The number of hydrogen-bond acceptors (Lipinski definition) is 8. The van der Waals surface area contributed by atoms with Gasteiger partial charge in [0.2, 0.25) is 0 Å². The molecule has 8 nitrogen and oxygen atoms in total. The van der Waals surface area contributed by atoms with Crippen LogP contribution < -0.4 is 25.8 Å². The second kappa shape index (κ2) is 9.38. The summed E-state index contributed by atoms with van der Waals surface area (Å²) in [5.41, 5.74) is 10.7. The number of aromatic nitrogens is 3. The summed E-state index contributed by atoms with van der Waals surface area (Å²) in [6, 6.07) is 15.8. The minimum absolute atomic E-state index is 0.455. The molecule has 0 saturated heterocycles. The van der Waals surface area contributed by atoms with Crippen molar-refractivity contribution < 1.29 is 9.47 Å². The molecule has 0 aliphatic heterocycles. The third-order valence-corrected chi connectivity index (χ3v) is 5.16. The van der Waals surface area contributed by atoms with E-state index in [4.69, 9.17) is 15.2 Å². The monoisotopic (exact) mass is 430 g/mol. The Kier molecular flexibility index (Phi) is 6.21. The van der Waals surface area contributed by atoms with Gasteiger partial charge in [-0.05, 0) is 55.3 Å². The van der Waals surface area contributed by atoms with Gasteiger partial charge < -0.3 is 25.8 Å². The quantitative estimate of drug-likeness (QED) is 0.379. The van der Waals surface area contributed by atoms with Gasteiger partial charge in [-0.25, -0.2) is 9.97 Å². The summed E-state index contributed by atoms with van der Waals surface area (Å²) in [5.74, 6) is 2.54. The number of methoxy groups -OCH3 is 2. The zero-order valence-electron chi connectivity index (χ0n) is 18.3. The highest BCUT2D eigenvalue weighted by Crippen LogP contribution is 2.30. The number of anilines is 4. The molecule has 0 aliphatic carbocycles. The molecule has 0 unspecified atom stereocenters. The largest absolute Gasteiger partial charge is 0.493 e. The van der Waals surface area contributed by atoms with Crippen LogP contribution in [0.25, 0.3) is 10.9 Å². The summed E-state index contributed by atoms with van der Waals surface area (Å²) in [7, 11) is 3.25. The molecule has 0 saturated carbocycles. The molecule has 2 aromatic heterocycles. The maximum Gasteiger partial charge on any atom is 0.160 e. The van der Waals surface area contributed by atoms with Gasteiger partial charge in [0.05, 0.1) is 19.7 Å². The fourth-order valence-electron chi connectivity index (χ4n) is 3.49. The van der Waals surface area contributed by atoms with Crippen molar-refractivity contribution in [3.8, 4) is 11.5 Å². The van der Waals surface area contributed by atoms with Crippen molar-refractivity contribution in [2.45, 2.75) is 13.3 Å². The van der Waals surface area contributed by atoms with Gasteiger partial charge in [0.15, 0.2) is 23.1 Å². The van der Waals surface area contributed by atoms with Crippen LogP contribution in [0.3, 0.4) is 0 Å². The van der Waals surface area contributed by atoms with Gasteiger partial charge in [0.25, 0.3) is 0 Å². The number of benzene rings is 2. The van der Waals surface area contributed by atoms with Crippen molar-refractivity contribution in [2.24, 2.45) is 0 Å². The highest BCUT2D eigenvalue weighted by molar-refractivity contribution is 5.94. The number of nitrogen functional groups attached to an aromatic ring is 1. The van der Waals surface area contributed by atoms with Gasteiger partial charge in [-0.1, -0.05) is 12.1 Å². The van der Waals surface area contributed by atoms with E-state index in [0.717, 1.165) is 34.3 Å². The maximum atomic E-state index is 6.36. The van der Waals surface area contributed by atoms with E-state index in [0.29, 0.717) is 35.4 Å². The van der Waals surface area contributed by atoms with Crippen LogP contribution in [-0.4, -0.2) is 35.7 Å². The van der Waals surface area contributed by atoms with Crippen LogP contribution in [0.15, 0.2) is 54.9 Å². The second-order valence-corrected chi connectivity index (χ2v) is 7.30. The molecule has 8 heteroatoms. The Morgan fingerprint density at radius 3 is 2.56 bits per heavy atom. The van der Waals surface area contributed by atoms with Gasteiger partial charge >= 0.3 is 0 Å². The van der Waals surface area contributed by atoms with Crippen LogP contribution in [0, 0.1) is 6.92 Å². The summed E-state index contributed by atoms with van der Waals surface area (Å²) in [6.45, 7) is 2.62. The molecule has 0 spiro atoms. The van der Waals surface area contributed by atoms with Crippen LogP contribution in [0.4, 0.5) is 23.0 Å². The number of nitrogens with one attached hydrogen (secondary N) is 2. The molecular weight excluding hydrogens is 404 g/mol. The normalized spacial score (nSPS) is 10.7. The topological polar surface area (TPSA) is 107 Å². The Morgan fingerprint density at radius 2 is 1.75 bits per heavy atom. The standard InChI is InChI=1S/C24H26N6O2/c1-15-7-9-17-18(29-15)5-4-6-19(17)30-24-22(25)23(27-14-28-24)26-12-11-16-8-10-20(31-2)21(13-16)32-3/h4-10,13-14H,11-12,25H2,1-3H3,(H2,26,27,28,30). The molecule has 0 fully saturated rings. The number of nitrogens with two attached hydrogens (primary N) is 1. The van der Waals surface area contributed by atoms with E-state index in [1.54, 1.807) is 14.2 Å². The number of rotatable bonds is 8. The Morgan fingerprint density at radius 1 is 0.938 bits per heavy atom. The van der Waals surface area contributed by atoms with Crippen LogP contribution in [0.2, 0.25) is 0 Å². The van der Waals surface area contributed by atoms with Crippen molar-refractivity contribution in [1.82, 2.24) is 15.0 Å². The molecule has 164 valence electrons. The Labute approximate surface area is 186 Å². The third kappa shape index (κ3) is 4.49. The number of fused-ring (bicyclic) bond motifs is 1. The average Bonchev–Trinajstić information content (AvgIpc) is 2.81. The molecule has 0 aliphatic rings. The lowest BCUT2D eigenvalue weighted by molar-refractivity contribution is 0.354. The zero-order chi connectivity index (χ0) is 22.5. The third-order valence-electron chi connectivity index (χ3n) is 5.16. The van der Waals surface area contributed by atoms with Gasteiger partial charge in [0.1, 0.15) is 12.0 Å². The van der Waals surface area contributed by atoms with Crippen molar-refractivity contribution in [3.63, 3.8) is 0 Å². The summed E-state index contributed by atoms with van der Waals surface area (Å²) in [5, 5.41) is 7.62. The number of pyridine rings is 1. The van der Waals surface area contributed by atoms with E-state index in [9.17, 15) is 0 Å². The SMILES string of the molecule is COc1ccc(CCNc2ncnc(Nc3cccc4nc(C)ccc34)c2N)cc1OC. The Bertz CT molecular complexity index is 1240. The summed E-state index contributed by atoms with van der Waals surface area (Å²) in [6.07, 6.45) is 2.26. The molecule has 32 heavy (non-hydrogen) atoms. The fraction of sp³-hybridized carbons (Fsp3) is 0.208. The molecule has 4 rings (SSSR count). The highest BCUT2D eigenvalue weighted by Gasteiger charge is 2.11. The minimum Gasteiger partial charge on any atom is -0.493 e. The average molecular weight is 431 g/mol. The van der Waals surface area contributed by atoms with Crippen molar-refractivity contribution >= 4 is 33.9 Å². The summed E-state index contributed by atoms with van der Waals surface area (Å²) < 4.78 is 10.7. The number of nitrogens with zero attached hydrogens (tertiary/aromatic N) is 3. The zero-order valence-corrected chi connectivity index (χ0v) is 18.3. The predicted octanol–water partition coefficient (Wildman–Crippen LogP) is 4.33. The molecule has 0 bridgehead atoms. The Balaban J connectivity index is 1.48. The lowest BCUT2D eigenvalue weighted by Crippen LogP contribution is -2.11. The molecular formula is C24H26N6O2. The predicted molar refractivity (Wildman–Crippen MR) is 128 cm³/mol. The molecule has 2 aromatic carbocycles. The van der Waals surface area contributed by atoms with Crippen molar-refractivity contribution in [2.75, 3.05) is 37.1 Å². The van der Waals surface area contributed by atoms with Crippen LogP contribution in [0.5, 0.6) is 11.5 Å². The molecule has 4 N–H and O–H groups in total. The van der Waals surface area contributed by atoms with Crippen LogP contribution in [0.1, 0.15) is 11.3 Å². The summed E-state index contributed by atoms with van der Waals surface area (Å²) in [4.78, 5) is 13.2. The number of aryl methyl sites for hydroxylation is 1. The van der Waals surface area contributed by atoms with E-state index < -0.39 is 0 Å². The lowest BCUT2D eigenvalue weighted by Gasteiger charge is -2.14. The minimum atomic E-state index is 0.455. The molecule has 0 atom stereocenters. The van der Waals surface area contributed by atoms with Crippen molar-refractivity contribution in [3.05, 3.63) is 66.1 Å². The van der Waals surface area contributed by atoms with Crippen molar-refractivity contribution in [1.29, 1.82) is 0 Å². The molecule has 0 amide bonds. The van der Waals surface area contributed by atoms with Crippen LogP contribution >= 0.6 is 0 Å². The molecule has 4 aromatic rings. The lowest BCUT2D eigenvalue weighted by atomic mass is 10.1. The summed E-state index contributed by atoms with van der Waals surface area (Å²) >= 11 is 0. The first kappa shape index (κ1) is 21.2. The first-order chi connectivity index (χ1) is 15.6. The highest BCUT2D eigenvalue weighted by atomic mass is 16.5. The fourth-order valence-corrected chi connectivity index (χ4v) is 3.49. The van der Waals surface area contributed by atoms with Gasteiger partial charge in [-0.15, -0.1) is 0 Å². The van der Waals surface area contributed by atoms with E-state index in [2.05, 4.69) is 25.6 Å². The van der Waals surface area contributed by atoms with Crippen LogP contribution in [-0.2, 0) is 6.42 Å². The Hall–Kier alpha value is -4.07. The first-order valence-corrected chi connectivity index (χ1v) is 10.3. The number of hydrogen-bond donors (Lipinski definition) is 3. The van der Waals surface area contributed by atoms with Gasteiger partial charge in [-0.2, -0.15) is 0 Å². The first-order valence-electron chi connectivity index (χ1n) is 10.3. The van der Waals surface area contributed by atoms with Gasteiger partial charge in [-0.3, -0.25) is 4.98 Å². The van der Waals surface area contributed by atoms with Gasteiger partial charge in [0, 0.05) is 23.3 Å².